The maximum Gasteiger partial charge on any atom is 0.230 e. The van der Waals surface area contributed by atoms with Gasteiger partial charge in [0.25, 0.3) is 0 Å². The Hall–Kier alpha value is -3.04. The molecule has 3 aromatic heterocycles. The number of fused-ring (bicyclic) bond motifs is 1. The molecule has 1 aliphatic rings. The van der Waals surface area contributed by atoms with Crippen molar-refractivity contribution in [3.05, 3.63) is 18.3 Å². The lowest BCUT2D eigenvalue weighted by Crippen LogP contribution is -2.47. The van der Waals surface area contributed by atoms with Gasteiger partial charge < -0.3 is 14.7 Å². The quantitative estimate of drug-likeness (QED) is 0.657. The second-order valence-electron chi connectivity index (χ2n) is 7.52. The van der Waals surface area contributed by atoms with E-state index in [1.165, 1.54) is 0 Å². The first-order chi connectivity index (χ1) is 13.4. The van der Waals surface area contributed by atoms with Crippen LogP contribution in [0.15, 0.2) is 12.5 Å². The SMILES string of the molecule is CC(C)c1nc(N(C)C)nc(N2CCN(c3ncnc4c3cnn4C)CC2)n1. The molecule has 4 rings (SSSR count). The highest BCUT2D eigenvalue weighted by atomic mass is 15.4. The Morgan fingerprint density at radius 1 is 0.964 bits per heavy atom. The molecule has 0 N–H and O–H groups in total. The van der Waals surface area contributed by atoms with Crippen LogP contribution in [-0.2, 0) is 7.05 Å². The Balaban J connectivity index is 1.56. The van der Waals surface area contributed by atoms with E-state index in [-0.39, 0.29) is 5.92 Å². The molecule has 0 spiro atoms. The van der Waals surface area contributed by atoms with Crippen LogP contribution in [0.3, 0.4) is 0 Å². The largest absolute Gasteiger partial charge is 0.352 e. The smallest absolute Gasteiger partial charge is 0.230 e. The number of nitrogens with zero attached hydrogens (tertiary/aromatic N) is 10. The zero-order valence-corrected chi connectivity index (χ0v) is 17.0. The minimum atomic E-state index is 0.252. The first-order valence-corrected chi connectivity index (χ1v) is 9.50. The van der Waals surface area contributed by atoms with Gasteiger partial charge in [0, 0.05) is 53.2 Å². The molecule has 10 heteroatoms. The van der Waals surface area contributed by atoms with Crippen molar-refractivity contribution < 1.29 is 0 Å². The van der Waals surface area contributed by atoms with Gasteiger partial charge >= 0.3 is 0 Å². The first-order valence-electron chi connectivity index (χ1n) is 9.50. The van der Waals surface area contributed by atoms with Gasteiger partial charge in [0.05, 0.1) is 11.6 Å². The van der Waals surface area contributed by atoms with Crippen LogP contribution in [0.5, 0.6) is 0 Å². The van der Waals surface area contributed by atoms with Crippen molar-refractivity contribution in [3.8, 4) is 0 Å². The first kappa shape index (κ1) is 18.3. The molecule has 3 aromatic rings. The van der Waals surface area contributed by atoms with Crippen LogP contribution < -0.4 is 14.7 Å². The van der Waals surface area contributed by atoms with E-state index in [4.69, 9.17) is 4.98 Å². The number of hydrogen-bond donors (Lipinski definition) is 0. The number of anilines is 3. The van der Waals surface area contributed by atoms with Crippen LogP contribution in [0.2, 0.25) is 0 Å². The van der Waals surface area contributed by atoms with Crippen LogP contribution in [0, 0.1) is 0 Å². The third kappa shape index (κ3) is 3.30. The van der Waals surface area contributed by atoms with Crippen LogP contribution in [0.25, 0.3) is 11.0 Å². The highest BCUT2D eigenvalue weighted by Gasteiger charge is 2.24. The molecule has 0 atom stereocenters. The molecule has 1 saturated heterocycles. The summed E-state index contributed by atoms with van der Waals surface area (Å²) in [5, 5.41) is 5.29. The molecule has 4 heterocycles. The standard InChI is InChI=1S/C18H26N10/c1-12(2)14-22-17(25(3)4)24-18(23-14)28-8-6-27(7-9-28)16-13-10-21-26(5)15(13)19-11-20-16/h10-12H,6-9H2,1-5H3. The molecule has 0 amide bonds. The summed E-state index contributed by atoms with van der Waals surface area (Å²) in [6.07, 6.45) is 3.44. The summed E-state index contributed by atoms with van der Waals surface area (Å²) in [5.74, 6) is 3.45. The topological polar surface area (TPSA) is 92.0 Å². The fraction of sp³-hybridized carbons (Fsp3) is 0.556. The summed E-state index contributed by atoms with van der Waals surface area (Å²) in [4.78, 5) is 29.2. The van der Waals surface area contributed by atoms with E-state index in [2.05, 4.69) is 48.7 Å². The van der Waals surface area contributed by atoms with Gasteiger partial charge in [-0.25, -0.2) is 9.97 Å². The van der Waals surface area contributed by atoms with Crippen molar-refractivity contribution in [1.82, 2.24) is 34.7 Å². The van der Waals surface area contributed by atoms with Crippen molar-refractivity contribution in [3.63, 3.8) is 0 Å². The monoisotopic (exact) mass is 382 g/mol. The van der Waals surface area contributed by atoms with Crippen molar-refractivity contribution in [2.24, 2.45) is 7.05 Å². The average Bonchev–Trinajstić information content (AvgIpc) is 3.09. The molecule has 0 unspecified atom stereocenters. The van der Waals surface area contributed by atoms with Gasteiger partial charge in [0.1, 0.15) is 18.0 Å². The van der Waals surface area contributed by atoms with E-state index >= 15 is 0 Å². The van der Waals surface area contributed by atoms with Gasteiger partial charge in [-0.1, -0.05) is 13.8 Å². The lowest BCUT2D eigenvalue weighted by Gasteiger charge is -2.35. The molecule has 1 aliphatic heterocycles. The van der Waals surface area contributed by atoms with Crippen molar-refractivity contribution in [2.45, 2.75) is 19.8 Å². The van der Waals surface area contributed by atoms with E-state index in [1.807, 2.05) is 32.2 Å². The highest BCUT2D eigenvalue weighted by Crippen LogP contribution is 2.24. The van der Waals surface area contributed by atoms with Gasteiger partial charge in [-0.3, -0.25) is 4.68 Å². The Labute approximate surface area is 164 Å². The van der Waals surface area contributed by atoms with Crippen molar-refractivity contribution in [1.29, 1.82) is 0 Å². The second kappa shape index (κ2) is 7.17. The predicted octanol–water partition coefficient (Wildman–Crippen LogP) is 1.06. The summed E-state index contributed by atoms with van der Waals surface area (Å²) >= 11 is 0. The molecule has 10 nitrogen and oxygen atoms in total. The molecule has 0 bridgehead atoms. The van der Waals surface area contributed by atoms with Crippen LogP contribution in [0.1, 0.15) is 25.6 Å². The van der Waals surface area contributed by atoms with E-state index < -0.39 is 0 Å². The molecule has 148 valence electrons. The molecule has 1 fully saturated rings. The van der Waals surface area contributed by atoms with Crippen molar-refractivity contribution in [2.75, 3.05) is 55.0 Å². The molecule has 0 saturated carbocycles. The summed E-state index contributed by atoms with van der Waals surface area (Å²) in [6, 6.07) is 0. The number of piperazine rings is 1. The minimum absolute atomic E-state index is 0.252. The van der Waals surface area contributed by atoms with E-state index in [9.17, 15) is 0 Å². The zero-order chi connectivity index (χ0) is 19.8. The third-order valence-corrected chi connectivity index (χ3v) is 4.92. The van der Waals surface area contributed by atoms with Crippen LogP contribution >= 0.6 is 0 Å². The lowest BCUT2D eigenvalue weighted by atomic mass is 10.2. The average molecular weight is 382 g/mol. The Bertz CT molecular complexity index is 945. The van der Waals surface area contributed by atoms with Gasteiger partial charge in [-0.15, -0.1) is 0 Å². The molecule has 0 radical (unpaired) electrons. The van der Waals surface area contributed by atoms with Gasteiger partial charge in [0.15, 0.2) is 5.65 Å². The van der Waals surface area contributed by atoms with E-state index in [1.54, 1.807) is 11.0 Å². The summed E-state index contributed by atoms with van der Waals surface area (Å²) in [5.41, 5.74) is 0.849. The van der Waals surface area contributed by atoms with Gasteiger partial charge in [-0.05, 0) is 0 Å². The Morgan fingerprint density at radius 3 is 2.36 bits per heavy atom. The molecule has 28 heavy (non-hydrogen) atoms. The highest BCUT2D eigenvalue weighted by molar-refractivity contribution is 5.86. The fourth-order valence-electron chi connectivity index (χ4n) is 3.29. The lowest BCUT2D eigenvalue weighted by molar-refractivity contribution is 0.627. The minimum Gasteiger partial charge on any atom is -0.352 e. The second-order valence-corrected chi connectivity index (χ2v) is 7.52. The van der Waals surface area contributed by atoms with Gasteiger partial charge in [0.2, 0.25) is 11.9 Å². The molecule has 0 aromatic carbocycles. The Kier molecular flexibility index (Phi) is 4.70. The van der Waals surface area contributed by atoms with Crippen LogP contribution in [-0.4, -0.2) is 75.0 Å². The molecular weight excluding hydrogens is 356 g/mol. The molecular formula is C18H26N10. The summed E-state index contributed by atoms with van der Waals surface area (Å²) in [6.45, 7) is 7.51. The summed E-state index contributed by atoms with van der Waals surface area (Å²) in [7, 11) is 5.80. The predicted molar refractivity (Wildman–Crippen MR) is 109 cm³/mol. The number of aryl methyl sites for hydroxylation is 1. The third-order valence-electron chi connectivity index (χ3n) is 4.92. The number of aromatic nitrogens is 7. The van der Waals surface area contributed by atoms with Gasteiger partial charge in [-0.2, -0.15) is 20.1 Å². The van der Waals surface area contributed by atoms with Crippen molar-refractivity contribution >= 4 is 28.7 Å². The van der Waals surface area contributed by atoms with E-state index in [0.717, 1.165) is 54.8 Å². The fourth-order valence-corrected chi connectivity index (χ4v) is 3.29. The maximum atomic E-state index is 4.71. The maximum absolute atomic E-state index is 4.71. The van der Waals surface area contributed by atoms with E-state index in [0.29, 0.717) is 5.95 Å². The van der Waals surface area contributed by atoms with Crippen LogP contribution in [0.4, 0.5) is 17.7 Å². The number of rotatable bonds is 4. The number of hydrogen-bond acceptors (Lipinski definition) is 9. The molecule has 0 aliphatic carbocycles. The summed E-state index contributed by atoms with van der Waals surface area (Å²) < 4.78 is 1.78. The normalized spacial score (nSPS) is 14.9. The zero-order valence-electron chi connectivity index (χ0n) is 17.0. The Morgan fingerprint density at radius 2 is 1.68 bits per heavy atom.